The van der Waals surface area contributed by atoms with Crippen molar-refractivity contribution in [3.63, 3.8) is 0 Å². The van der Waals surface area contributed by atoms with Crippen LogP contribution in [0.5, 0.6) is 0 Å². The van der Waals surface area contributed by atoms with Gasteiger partial charge in [-0.2, -0.15) is 0 Å². The Balaban J connectivity index is 1.79. The van der Waals surface area contributed by atoms with Gasteiger partial charge in [0.05, 0.1) is 0 Å². The summed E-state index contributed by atoms with van der Waals surface area (Å²) in [4.78, 5) is 0. The quantitative estimate of drug-likeness (QED) is 0.842. The average Bonchev–Trinajstić information content (AvgIpc) is 2.81. The molecule has 1 fully saturated rings. The number of benzene rings is 1. The molecule has 2 nitrogen and oxygen atoms in total. The molecule has 0 radical (unpaired) electrons. The van der Waals surface area contributed by atoms with Gasteiger partial charge in [-0.3, -0.25) is 0 Å². The molecule has 0 aromatic heterocycles. The van der Waals surface area contributed by atoms with E-state index in [9.17, 15) is 0 Å². The maximum Gasteiger partial charge on any atom is 0.0495 e. The molecule has 3 atom stereocenters. The Morgan fingerprint density at radius 1 is 1.35 bits per heavy atom. The van der Waals surface area contributed by atoms with Crippen LogP contribution in [-0.4, -0.2) is 19.3 Å². The first-order chi connectivity index (χ1) is 8.33. The summed E-state index contributed by atoms with van der Waals surface area (Å²) < 4.78 is 5.50. The summed E-state index contributed by atoms with van der Waals surface area (Å²) in [5.74, 6) is 1.49. The Morgan fingerprint density at radius 2 is 2.24 bits per heavy atom. The smallest absolute Gasteiger partial charge is 0.0495 e. The van der Waals surface area contributed by atoms with E-state index in [-0.39, 0.29) is 0 Å². The van der Waals surface area contributed by atoms with Crippen LogP contribution in [0.4, 0.5) is 5.69 Å². The van der Waals surface area contributed by atoms with Gasteiger partial charge in [-0.15, -0.1) is 0 Å². The lowest BCUT2D eigenvalue weighted by atomic mass is 9.81. The van der Waals surface area contributed by atoms with Crippen LogP contribution in [0, 0.1) is 5.92 Å². The molecule has 1 N–H and O–H groups in total. The zero-order chi connectivity index (χ0) is 11.7. The largest absolute Gasteiger partial charge is 0.382 e. The lowest BCUT2D eigenvalue weighted by Crippen LogP contribution is -2.26. The molecule has 17 heavy (non-hydrogen) atoms. The second-order valence-electron chi connectivity index (χ2n) is 5.53. The monoisotopic (exact) mass is 231 g/mol. The van der Waals surface area contributed by atoms with E-state index in [1.807, 2.05) is 0 Å². The molecule has 92 valence electrons. The Morgan fingerprint density at radius 3 is 3.06 bits per heavy atom. The Kier molecular flexibility index (Phi) is 3.06. The minimum atomic E-state index is 0.595. The summed E-state index contributed by atoms with van der Waals surface area (Å²) in [7, 11) is 0. The Hall–Kier alpha value is -1.02. The van der Waals surface area contributed by atoms with E-state index in [0.29, 0.717) is 12.0 Å². The summed E-state index contributed by atoms with van der Waals surface area (Å²) in [5, 5.41) is 3.58. The normalized spacial score (nSPS) is 31.9. The van der Waals surface area contributed by atoms with E-state index in [0.717, 1.165) is 19.1 Å². The molecule has 0 spiro atoms. The van der Waals surface area contributed by atoms with Crippen molar-refractivity contribution in [2.75, 3.05) is 18.5 Å². The molecule has 3 unspecified atom stereocenters. The fourth-order valence-corrected chi connectivity index (χ4v) is 3.26. The molecule has 0 aliphatic carbocycles. The van der Waals surface area contributed by atoms with Gasteiger partial charge in [0.2, 0.25) is 0 Å². The van der Waals surface area contributed by atoms with Crippen LogP contribution in [0.2, 0.25) is 0 Å². The maximum absolute atomic E-state index is 5.50. The van der Waals surface area contributed by atoms with Crippen molar-refractivity contribution in [2.45, 2.75) is 38.1 Å². The number of hydrogen-bond acceptors (Lipinski definition) is 2. The molecule has 2 heterocycles. The van der Waals surface area contributed by atoms with E-state index >= 15 is 0 Å². The van der Waals surface area contributed by atoms with E-state index in [1.165, 1.54) is 30.5 Å². The summed E-state index contributed by atoms with van der Waals surface area (Å²) >= 11 is 0. The molecule has 0 amide bonds. The van der Waals surface area contributed by atoms with Gasteiger partial charge in [-0.25, -0.2) is 0 Å². The van der Waals surface area contributed by atoms with Crippen molar-refractivity contribution in [2.24, 2.45) is 5.92 Å². The summed E-state index contributed by atoms with van der Waals surface area (Å²) in [6, 6.07) is 9.38. The van der Waals surface area contributed by atoms with Crippen LogP contribution < -0.4 is 5.32 Å². The third-order valence-electron chi connectivity index (χ3n) is 4.08. The molecule has 1 saturated heterocycles. The molecule has 1 aromatic rings. The minimum absolute atomic E-state index is 0.595. The van der Waals surface area contributed by atoms with Gasteiger partial charge in [-0.1, -0.05) is 18.2 Å². The lowest BCUT2D eigenvalue weighted by Gasteiger charge is -2.32. The standard InChI is InChI=1S/C15H21NO/c1-11-8-13(9-12-6-7-17-10-12)14-4-2-3-5-15(14)16-11/h2-5,11-13,16H,6-10H2,1H3. The molecule has 2 heteroatoms. The van der Waals surface area contributed by atoms with E-state index in [1.54, 1.807) is 0 Å². The van der Waals surface area contributed by atoms with Crippen LogP contribution >= 0.6 is 0 Å². The second kappa shape index (κ2) is 4.69. The summed E-state index contributed by atoms with van der Waals surface area (Å²) in [6.07, 6.45) is 3.80. The second-order valence-corrected chi connectivity index (χ2v) is 5.53. The van der Waals surface area contributed by atoms with Gasteiger partial charge in [0.25, 0.3) is 0 Å². The average molecular weight is 231 g/mol. The van der Waals surface area contributed by atoms with Crippen LogP contribution in [-0.2, 0) is 4.74 Å². The molecule has 3 rings (SSSR count). The van der Waals surface area contributed by atoms with Gasteiger partial charge in [0.15, 0.2) is 0 Å². The molecule has 0 saturated carbocycles. The number of ether oxygens (including phenoxy) is 1. The van der Waals surface area contributed by atoms with Gasteiger partial charge < -0.3 is 10.1 Å². The number of anilines is 1. The zero-order valence-electron chi connectivity index (χ0n) is 10.5. The van der Waals surface area contributed by atoms with Crippen molar-refractivity contribution in [1.82, 2.24) is 0 Å². The molecule has 2 aliphatic rings. The fourth-order valence-electron chi connectivity index (χ4n) is 3.26. The van der Waals surface area contributed by atoms with Crippen molar-refractivity contribution in [1.29, 1.82) is 0 Å². The third kappa shape index (κ3) is 2.32. The molecule has 1 aromatic carbocycles. The highest BCUT2D eigenvalue weighted by molar-refractivity contribution is 5.55. The van der Waals surface area contributed by atoms with Crippen molar-refractivity contribution in [3.05, 3.63) is 29.8 Å². The van der Waals surface area contributed by atoms with Crippen LogP contribution in [0.3, 0.4) is 0 Å². The van der Waals surface area contributed by atoms with Gasteiger partial charge in [-0.05, 0) is 49.7 Å². The van der Waals surface area contributed by atoms with Crippen molar-refractivity contribution in [3.8, 4) is 0 Å². The Bertz CT molecular complexity index is 384. The van der Waals surface area contributed by atoms with Crippen molar-refractivity contribution >= 4 is 5.69 Å². The number of nitrogens with one attached hydrogen (secondary N) is 1. The van der Waals surface area contributed by atoms with E-state index < -0.39 is 0 Å². The third-order valence-corrected chi connectivity index (χ3v) is 4.08. The molecular formula is C15H21NO. The van der Waals surface area contributed by atoms with E-state index in [4.69, 9.17) is 4.74 Å². The summed E-state index contributed by atoms with van der Waals surface area (Å²) in [5.41, 5.74) is 2.85. The first-order valence-electron chi connectivity index (χ1n) is 6.76. The van der Waals surface area contributed by atoms with Gasteiger partial charge >= 0.3 is 0 Å². The lowest BCUT2D eigenvalue weighted by molar-refractivity contribution is 0.182. The van der Waals surface area contributed by atoms with Crippen molar-refractivity contribution < 1.29 is 4.74 Å². The van der Waals surface area contributed by atoms with E-state index in [2.05, 4.69) is 36.5 Å². The Labute approximate surface area is 103 Å². The van der Waals surface area contributed by atoms with Crippen LogP contribution in [0.25, 0.3) is 0 Å². The highest BCUT2D eigenvalue weighted by atomic mass is 16.5. The highest BCUT2D eigenvalue weighted by Gasteiger charge is 2.27. The molecule has 2 aliphatic heterocycles. The number of para-hydroxylation sites is 1. The highest BCUT2D eigenvalue weighted by Crippen LogP contribution is 2.39. The SMILES string of the molecule is CC1CC(CC2CCOC2)c2ccccc2N1. The topological polar surface area (TPSA) is 21.3 Å². The number of fused-ring (bicyclic) bond motifs is 1. The van der Waals surface area contributed by atoms with Crippen LogP contribution in [0.15, 0.2) is 24.3 Å². The minimum Gasteiger partial charge on any atom is -0.382 e. The molecular weight excluding hydrogens is 210 g/mol. The fraction of sp³-hybridized carbons (Fsp3) is 0.600. The van der Waals surface area contributed by atoms with Crippen LogP contribution in [0.1, 0.15) is 37.7 Å². The molecule has 0 bridgehead atoms. The predicted octanol–water partition coefficient (Wildman–Crippen LogP) is 3.40. The maximum atomic E-state index is 5.50. The predicted molar refractivity (Wildman–Crippen MR) is 70.4 cm³/mol. The van der Waals surface area contributed by atoms with Gasteiger partial charge in [0, 0.05) is 24.9 Å². The zero-order valence-corrected chi connectivity index (χ0v) is 10.5. The number of hydrogen-bond donors (Lipinski definition) is 1. The first-order valence-corrected chi connectivity index (χ1v) is 6.76. The number of rotatable bonds is 2. The summed E-state index contributed by atoms with van der Waals surface area (Å²) in [6.45, 7) is 4.22. The first kappa shape index (κ1) is 11.1. The van der Waals surface area contributed by atoms with Gasteiger partial charge in [0.1, 0.15) is 0 Å².